The molecule has 3 atom stereocenters. The van der Waals surface area contributed by atoms with Crippen LogP contribution in [-0.4, -0.2) is 107 Å². The van der Waals surface area contributed by atoms with Gasteiger partial charge in [0.15, 0.2) is 5.82 Å². The summed E-state index contributed by atoms with van der Waals surface area (Å²) in [6, 6.07) is 15.9. The maximum absolute atomic E-state index is 14.1. The Labute approximate surface area is 410 Å². The van der Waals surface area contributed by atoms with E-state index in [2.05, 4.69) is 35.8 Å². The number of phenols is 1. The van der Waals surface area contributed by atoms with Crippen LogP contribution in [0.4, 0.5) is 5.82 Å². The first-order valence-electron chi connectivity index (χ1n) is 24.9. The number of likely N-dealkylation sites (tertiary alicyclic amines) is 2. The lowest BCUT2D eigenvalue weighted by Crippen LogP contribution is -2.57. The fraction of sp³-hybridized carbons (Fsp3) is 0.528. The van der Waals surface area contributed by atoms with Crippen LogP contribution in [0.2, 0.25) is 0 Å². The summed E-state index contributed by atoms with van der Waals surface area (Å²) < 4.78 is 2.02. The van der Waals surface area contributed by atoms with Crippen LogP contribution in [0.25, 0.3) is 32.8 Å². The lowest BCUT2D eigenvalue weighted by Gasteiger charge is -2.41. The molecule has 3 amide bonds. The van der Waals surface area contributed by atoms with Crippen LogP contribution in [0.3, 0.4) is 0 Å². The molecule has 0 bridgehead atoms. The van der Waals surface area contributed by atoms with E-state index in [1.54, 1.807) is 23.5 Å². The first-order valence-corrected chi connectivity index (χ1v) is 25.8. The van der Waals surface area contributed by atoms with Crippen LogP contribution in [0, 0.1) is 24.2 Å². The molecular formula is C53H70N10O5S. The summed E-state index contributed by atoms with van der Waals surface area (Å²) in [4.78, 5) is 50.5. The fourth-order valence-electron chi connectivity index (χ4n) is 10.5. The normalized spacial score (nSPS) is 20.7. The number of β-amino-alcohol motifs (C(OH)–C–C–N with tert-alkyl or cyclic N) is 1. The quantitative estimate of drug-likeness (QED) is 0.0570. The molecule has 1 aliphatic carbocycles. The van der Waals surface area contributed by atoms with Gasteiger partial charge in [-0.1, -0.05) is 76.4 Å². The Morgan fingerprint density at radius 3 is 2.38 bits per heavy atom. The highest BCUT2D eigenvalue weighted by Crippen LogP contribution is 2.35. The van der Waals surface area contributed by atoms with Crippen LogP contribution in [-0.2, 0) is 27.5 Å². The number of aliphatic hydroxyl groups is 1. The van der Waals surface area contributed by atoms with E-state index in [0.717, 1.165) is 90.5 Å². The van der Waals surface area contributed by atoms with Gasteiger partial charge in [-0.25, -0.2) is 4.98 Å². The summed E-state index contributed by atoms with van der Waals surface area (Å²) in [7, 11) is 0. The average molecular weight is 959 g/mol. The van der Waals surface area contributed by atoms with E-state index in [9.17, 15) is 24.6 Å². The zero-order valence-electron chi connectivity index (χ0n) is 40.6. The number of amides is 3. The number of phenolic OH excluding ortho intramolecular Hbond substituents is 1. The highest BCUT2D eigenvalue weighted by Gasteiger charge is 2.44. The highest BCUT2D eigenvalue weighted by molar-refractivity contribution is 7.13. The van der Waals surface area contributed by atoms with Gasteiger partial charge in [0.2, 0.25) is 17.7 Å². The number of thiazole rings is 1. The minimum Gasteiger partial charge on any atom is -0.507 e. The lowest BCUT2D eigenvalue weighted by atomic mass is 9.81. The summed E-state index contributed by atoms with van der Waals surface area (Å²) in [5.74, 6) is 0.941. The second-order valence-electron chi connectivity index (χ2n) is 20.7. The number of nitrogens with one attached hydrogen (secondary N) is 2. The third-order valence-corrected chi connectivity index (χ3v) is 15.6. The molecule has 2 aliphatic heterocycles. The Hall–Kier alpha value is -5.71. The highest BCUT2D eigenvalue weighted by atomic mass is 32.1. The van der Waals surface area contributed by atoms with E-state index < -0.39 is 23.6 Å². The predicted molar refractivity (Wildman–Crippen MR) is 270 cm³/mol. The molecule has 368 valence electrons. The van der Waals surface area contributed by atoms with E-state index in [4.69, 9.17) is 5.73 Å². The molecule has 3 fully saturated rings. The van der Waals surface area contributed by atoms with Crippen molar-refractivity contribution in [1.82, 2.24) is 45.4 Å². The van der Waals surface area contributed by atoms with E-state index in [1.807, 2.05) is 92.7 Å². The van der Waals surface area contributed by atoms with E-state index in [0.29, 0.717) is 42.0 Å². The smallest absolute Gasteiger partial charge is 0.246 e. The largest absolute Gasteiger partial charge is 0.507 e. The van der Waals surface area contributed by atoms with Crippen molar-refractivity contribution in [1.29, 1.82) is 0 Å². The first kappa shape index (κ1) is 49.7. The Morgan fingerprint density at radius 1 is 0.913 bits per heavy atom. The monoisotopic (exact) mass is 959 g/mol. The number of hydrogen-bond donors (Lipinski definition) is 5. The van der Waals surface area contributed by atoms with Gasteiger partial charge in [0.1, 0.15) is 17.8 Å². The molecule has 5 heterocycles. The minimum absolute atomic E-state index is 0.0478. The molecule has 3 aliphatic rings. The summed E-state index contributed by atoms with van der Waals surface area (Å²) in [6.45, 7) is 11.2. The Morgan fingerprint density at radius 2 is 1.67 bits per heavy atom. The van der Waals surface area contributed by atoms with Gasteiger partial charge in [-0.2, -0.15) is 5.10 Å². The molecule has 0 radical (unpaired) electrons. The molecule has 8 rings (SSSR count). The maximum Gasteiger partial charge on any atom is 0.246 e. The standard InChI is InChI=1S/C53H70N10O5S/c1-34-48(69-33-56-34)38-18-14-36(15-19-38)28-55-51(67)45-26-41(64)32-63(45)52(68)49(53(2,3)4)58-47(66)13-7-5-6-10-35-16-20-40(21-17-35)61-24-22-37(23-25-61)30-62-31-39(29-57-62)43-27-44(59-60-50(43)54)42-11-8-9-12-46(42)65/h8-9,11-12,14-15,18-19,27,29,31,33,35,37,40-41,45,49,64-65H,5-7,10,13,16-17,20-26,28,30,32H2,1-4H3,(H2,54,60)(H,55,67)(H,58,66)/t35?,40?,41-,45+,49-/m1/s1. The molecule has 1 saturated carbocycles. The summed E-state index contributed by atoms with van der Waals surface area (Å²) in [5.41, 5.74) is 13.2. The summed E-state index contributed by atoms with van der Waals surface area (Å²) in [6.07, 6.45) is 14.8. The third-order valence-electron chi connectivity index (χ3n) is 14.6. The Balaban J connectivity index is 0.717. The van der Waals surface area contributed by atoms with Gasteiger partial charge in [0.25, 0.3) is 0 Å². The van der Waals surface area contributed by atoms with Crippen LogP contribution >= 0.6 is 11.3 Å². The molecule has 69 heavy (non-hydrogen) atoms. The topological polar surface area (TPSA) is 205 Å². The molecule has 5 aromatic rings. The van der Waals surface area contributed by atoms with Crippen molar-refractivity contribution in [2.24, 2.45) is 17.3 Å². The third kappa shape index (κ3) is 12.6. The van der Waals surface area contributed by atoms with Gasteiger partial charge in [-0.05, 0) is 112 Å². The predicted octanol–water partition coefficient (Wildman–Crippen LogP) is 7.76. The van der Waals surface area contributed by atoms with Crippen LogP contribution in [0.1, 0.15) is 109 Å². The number of nitrogen functional groups attached to an aromatic ring is 1. The average Bonchev–Trinajstić information content (AvgIpc) is 4.10. The van der Waals surface area contributed by atoms with Crippen molar-refractivity contribution >= 4 is 34.9 Å². The van der Waals surface area contributed by atoms with Gasteiger partial charge < -0.3 is 36.4 Å². The fourth-order valence-corrected chi connectivity index (χ4v) is 11.3. The van der Waals surface area contributed by atoms with Gasteiger partial charge in [0, 0.05) is 61.4 Å². The summed E-state index contributed by atoms with van der Waals surface area (Å²) in [5, 5.41) is 40.0. The number of anilines is 1. The number of carbonyl (C=O) groups is 3. The second kappa shape index (κ2) is 22.4. The van der Waals surface area contributed by atoms with Crippen LogP contribution in [0.15, 0.2) is 72.5 Å². The van der Waals surface area contributed by atoms with Gasteiger partial charge in [-0.3, -0.25) is 19.1 Å². The van der Waals surface area contributed by atoms with Crippen molar-refractivity contribution in [2.75, 3.05) is 25.4 Å². The maximum atomic E-state index is 14.1. The van der Waals surface area contributed by atoms with Crippen molar-refractivity contribution in [3.63, 3.8) is 0 Å². The van der Waals surface area contributed by atoms with E-state index in [1.165, 1.54) is 37.0 Å². The molecular weight excluding hydrogens is 889 g/mol. The lowest BCUT2D eigenvalue weighted by molar-refractivity contribution is -0.144. The van der Waals surface area contributed by atoms with E-state index >= 15 is 0 Å². The number of benzene rings is 2. The first-order chi connectivity index (χ1) is 33.2. The van der Waals surface area contributed by atoms with Crippen LogP contribution < -0.4 is 16.4 Å². The zero-order chi connectivity index (χ0) is 48.7. The van der Waals surface area contributed by atoms with E-state index in [-0.39, 0.29) is 36.4 Å². The molecule has 15 nitrogen and oxygen atoms in total. The number of aryl methyl sites for hydroxylation is 1. The number of nitrogens with two attached hydrogens (primary N) is 1. The molecule has 0 unspecified atom stereocenters. The number of aliphatic hydroxyl groups excluding tert-OH is 1. The van der Waals surface area contributed by atoms with Crippen molar-refractivity contribution < 1.29 is 24.6 Å². The number of aromatic nitrogens is 5. The molecule has 16 heteroatoms. The van der Waals surface area contributed by atoms with Gasteiger partial charge in [-0.15, -0.1) is 21.5 Å². The second-order valence-corrected chi connectivity index (χ2v) is 21.5. The zero-order valence-corrected chi connectivity index (χ0v) is 41.5. The Bertz CT molecular complexity index is 2520. The number of para-hydroxylation sites is 1. The number of carbonyl (C=O) groups excluding carboxylic acids is 3. The number of nitrogens with zero attached hydrogens (tertiary/aromatic N) is 7. The van der Waals surface area contributed by atoms with Crippen molar-refractivity contribution in [3.8, 4) is 38.6 Å². The van der Waals surface area contributed by atoms with Crippen molar-refractivity contribution in [2.45, 2.75) is 142 Å². The molecule has 2 aromatic carbocycles. The molecule has 0 spiro atoms. The van der Waals surface area contributed by atoms with Gasteiger partial charge >= 0.3 is 0 Å². The Kier molecular flexibility index (Phi) is 16.1. The number of rotatable bonds is 17. The molecule has 2 saturated heterocycles. The van der Waals surface area contributed by atoms with Gasteiger partial charge in [0.05, 0.1) is 34.1 Å². The van der Waals surface area contributed by atoms with Crippen LogP contribution in [0.5, 0.6) is 5.75 Å². The number of piperidine rings is 1. The SMILES string of the molecule is Cc1ncsc1-c1ccc(CNC(=O)[C@@H]2C[C@@H](O)CN2C(=O)[C@@H](NC(=O)CCCCCC2CCC(N3CCC(Cn4cc(-c5cc(-c6ccccc6O)nnc5N)cn4)CC3)CC2)C(C)(C)C)cc1. The molecule has 3 aromatic heterocycles. The number of aromatic hydroxyl groups is 1. The number of unbranched alkanes of at least 4 members (excludes halogenated alkanes) is 2. The minimum atomic E-state index is -0.831. The number of hydrogen-bond acceptors (Lipinski definition) is 12. The molecule has 6 N–H and O–H groups in total. The van der Waals surface area contributed by atoms with Crippen molar-refractivity contribution in [3.05, 3.63) is 83.8 Å². The summed E-state index contributed by atoms with van der Waals surface area (Å²) >= 11 is 1.59.